The molecule has 5 nitrogen and oxygen atoms in total. The molecule has 5 heteroatoms. The fourth-order valence-corrected chi connectivity index (χ4v) is 4.68. The lowest BCUT2D eigenvalue weighted by Crippen LogP contribution is -2.39. The molecule has 2 aliphatic rings. The van der Waals surface area contributed by atoms with E-state index in [1.54, 1.807) is 26.4 Å². The summed E-state index contributed by atoms with van der Waals surface area (Å²) in [5.74, 6) is 1.58. The van der Waals surface area contributed by atoms with E-state index in [4.69, 9.17) is 14.2 Å². The third-order valence-electron chi connectivity index (χ3n) is 6.30. The van der Waals surface area contributed by atoms with Gasteiger partial charge in [-0.15, -0.1) is 0 Å². The van der Waals surface area contributed by atoms with Crippen LogP contribution < -0.4 is 14.2 Å². The van der Waals surface area contributed by atoms with Crippen LogP contribution in [0.25, 0.3) is 0 Å². The molecule has 3 aromatic carbocycles. The lowest BCUT2D eigenvalue weighted by atomic mass is 9.84. The molecule has 1 unspecified atom stereocenters. The molecule has 31 heavy (non-hydrogen) atoms. The number of carbonyl (C=O) groups is 1. The Bertz CT molecular complexity index is 1130. The van der Waals surface area contributed by atoms with Crippen molar-refractivity contribution in [2.45, 2.75) is 25.4 Å². The zero-order chi connectivity index (χ0) is 21.4. The highest BCUT2D eigenvalue weighted by Crippen LogP contribution is 2.42. The second-order valence-electron chi connectivity index (χ2n) is 8.03. The molecule has 3 aromatic rings. The molecule has 0 aliphatic carbocycles. The van der Waals surface area contributed by atoms with Crippen LogP contribution in [-0.2, 0) is 19.4 Å². The molecule has 0 radical (unpaired) electrons. The highest BCUT2D eigenvalue weighted by atomic mass is 16.6. The Balaban J connectivity index is 1.46. The predicted molar refractivity (Wildman–Crippen MR) is 118 cm³/mol. The summed E-state index contributed by atoms with van der Waals surface area (Å²) in [6.45, 7) is 1.87. The average molecular weight is 415 g/mol. The standard InChI is InChI=1S/C26H25NO4/c1-29-21-8-9-22-18(12-21)10-11-27-16-20-15-24(30-2)25(14-19(20)13-23(22)27)31-26(28)17-6-4-3-5-7-17/h3-9,12,14-15,23H,10-11,13,16H2,1-2H3. The molecule has 2 aliphatic heterocycles. The molecular formula is C26H25NO4. The number of carbonyl (C=O) groups excluding carboxylic acids is 1. The molecule has 5 rings (SSSR count). The molecule has 0 amide bonds. The maximum atomic E-state index is 12.6. The number of hydrogen-bond acceptors (Lipinski definition) is 5. The van der Waals surface area contributed by atoms with E-state index in [0.717, 1.165) is 31.7 Å². The number of benzene rings is 3. The summed E-state index contributed by atoms with van der Waals surface area (Å²) in [4.78, 5) is 15.1. The van der Waals surface area contributed by atoms with E-state index in [-0.39, 0.29) is 5.97 Å². The number of hydrogen-bond donors (Lipinski definition) is 0. The lowest BCUT2D eigenvalue weighted by molar-refractivity contribution is 0.0729. The number of methoxy groups -OCH3 is 2. The second kappa shape index (κ2) is 8.08. The molecule has 0 saturated carbocycles. The minimum absolute atomic E-state index is 0.313. The Morgan fingerprint density at radius 3 is 2.48 bits per heavy atom. The maximum Gasteiger partial charge on any atom is 0.343 e. The molecule has 0 fully saturated rings. The van der Waals surface area contributed by atoms with E-state index >= 15 is 0 Å². The minimum Gasteiger partial charge on any atom is -0.497 e. The summed E-state index contributed by atoms with van der Waals surface area (Å²) < 4.78 is 16.7. The summed E-state index contributed by atoms with van der Waals surface area (Å²) in [6, 6.07) is 19.7. The van der Waals surface area contributed by atoms with Gasteiger partial charge in [0.05, 0.1) is 19.8 Å². The molecular weight excluding hydrogens is 390 g/mol. The highest BCUT2D eigenvalue weighted by molar-refractivity contribution is 5.91. The Morgan fingerprint density at radius 1 is 0.903 bits per heavy atom. The van der Waals surface area contributed by atoms with Gasteiger partial charge in [-0.3, -0.25) is 4.90 Å². The van der Waals surface area contributed by atoms with Crippen LogP contribution in [0.4, 0.5) is 0 Å². The predicted octanol–water partition coefficient (Wildman–Crippen LogP) is 4.58. The van der Waals surface area contributed by atoms with Gasteiger partial charge in [0.15, 0.2) is 11.5 Å². The van der Waals surface area contributed by atoms with Crippen molar-refractivity contribution in [2.75, 3.05) is 20.8 Å². The van der Waals surface area contributed by atoms with Gasteiger partial charge < -0.3 is 14.2 Å². The Morgan fingerprint density at radius 2 is 1.71 bits per heavy atom. The second-order valence-corrected chi connectivity index (χ2v) is 8.03. The first-order valence-corrected chi connectivity index (χ1v) is 10.5. The lowest BCUT2D eigenvalue weighted by Gasteiger charge is -2.41. The Labute approximate surface area is 182 Å². The molecule has 158 valence electrons. The largest absolute Gasteiger partial charge is 0.497 e. The van der Waals surface area contributed by atoms with Gasteiger partial charge in [0, 0.05) is 19.1 Å². The number of esters is 1. The van der Waals surface area contributed by atoms with Crippen molar-refractivity contribution in [3.63, 3.8) is 0 Å². The summed E-state index contributed by atoms with van der Waals surface area (Å²) in [7, 11) is 3.32. The van der Waals surface area contributed by atoms with Gasteiger partial charge in [-0.2, -0.15) is 0 Å². The molecule has 0 spiro atoms. The van der Waals surface area contributed by atoms with Crippen molar-refractivity contribution in [1.29, 1.82) is 0 Å². The van der Waals surface area contributed by atoms with Crippen LogP contribution in [0.2, 0.25) is 0 Å². The fourth-order valence-electron chi connectivity index (χ4n) is 4.68. The number of rotatable bonds is 4. The third-order valence-corrected chi connectivity index (χ3v) is 6.30. The first-order chi connectivity index (χ1) is 15.2. The van der Waals surface area contributed by atoms with Crippen LogP contribution in [0.1, 0.15) is 38.7 Å². The average Bonchev–Trinajstić information content (AvgIpc) is 2.82. The van der Waals surface area contributed by atoms with Crippen molar-refractivity contribution in [1.82, 2.24) is 4.90 Å². The summed E-state index contributed by atoms with van der Waals surface area (Å²) >= 11 is 0. The number of fused-ring (bicyclic) bond motifs is 4. The van der Waals surface area contributed by atoms with Crippen LogP contribution in [0.15, 0.2) is 60.7 Å². The van der Waals surface area contributed by atoms with Crippen molar-refractivity contribution in [3.8, 4) is 17.2 Å². The van der Waals surface area contributed by atoms with Crippen LogP contribution in [0, 0.1) is 0 Å². The maximum absolute atomic E-state index is 12.6. The van der Waals surface area contributed by atoms with Crippen molar-refractivity contribution in [2.24, 2.45) is 0 Å². The van der Waals surface area contributed by atoms with E-state index in [2.05, 4.69) is 17.0 Å². The normalized spacial score (nSPS) is 17.2. The van der Waals surface area contributed by atoms with Crippen LogP contribution in [0.5, 0.6) is 17.2 Å². The van der Waals surface area contributed by atoms with E-state index in [1.165, 1.54) is 22.3 Å². The van der Waals surface area contributed by atoms with Crippen LogP contribution >= 0.6 is 0 Å². The SMILES string of the molecule is COc1ccc2c(c1)CCN1Cc3cc(OC)c(OC(=O)c4ccccc4)cc3CC21. The number of ether oxygens (including phenoxy) is 3. The molecule has 0 N–H and O–H groups in total. The number of nitrogens with zero attached hydrogens (tertiary/aromatic N) is 1. The van der Waals surface area contributed by atoms with Gasteiger partial charge in [0.2, 0.25) is 0 Å². The third kappa shape index (κ3) is 3.66. The van der Waals surface area contributed by atoms with Gasteiger partial charge in [-0.05, 0) is 71.5 Å². The Hall–Kier alpha value is -3.31. The van der Waals surface area contributed by atoms with Gasteiger partial charge in [-0.25, -0.2) is 4.79 Å². The summed E-state index contributed by atoms with van der Waals surface area (Å²) in [6.07, 6.45) is 1.89. The van der Waals surface area contributed by atoms with E-state index in [9.17, 15) is 4.79 Å². The minimum atomic E-state index is -0.383. The van der Waals surface area contributed by atoms with Crippen molar-refractivity contribution < 1.29 is 19.0 Å². The van der Waals surface area contributed by atoms with E-state index in [0.29, 0.717) is 23.1 Å². The monoisotopic (exact) mass is 415 g/mol. The molecule has 0 bridgehead atoms. The van der Waals surface area contributed by atoms with Gasteiger partial charge in [0.25, 0.3) is 0 Å². The highest BCUT2D eigenvalue weighted by Gasteiger charge is 2.33. The van der Waals surface area contributed by atoms with Crippen LogP contribution in [-0.4, -0.2) is 31.6 Å². The van der Waals surface area contributed by atoms with Gasteiger partial charge in [-0.1, -0.05) is 24.3 Å². The van der Waals surface area contributed by atoms with Crippen molar-refractivity contribution >= 4 is 5.97 Å². The molecule has 1 atom stereocenters. The fraction of sp³-hybridized carbons (Fsp3) is 0.269. The smallest absolute Gasteiger partial charge is 0.343 e. The topological polar surface area (TPSA) is 48.0 Å². The Kier molecular flexibility index (Phi) is 5.12. The van der Waals surface area contributed by atoms with Crippen LogP contribution in [0.3, 0.4) is 0 Å². The first-order valence-electron chi connectivity index (χ1n) is 10.5. The summed E-state index contributed by atoms with van der Waals surface area (Å²) in [5.41, 5.74) is 5.65. The first kappa shape index (κ1) is 19.6. The molecule has 2 heterocycles. The zero-order valence-corrected chi connectivity index (χ0v) is 17.8. The van der Waals surface area contributed by atoms with Gasteiger partial charge >= 0.3 is 5.97 Å². The van der Waals surface area contributed by atoms with E-state index < -0.39 is 0 Å². The zero-order valence-electron chi connectivity index (χ0n) is 17.8. The van der Waals surface area contributed by atoms with Gasteiger partial charge in [0.1, 0.15) is 5.75 Å². The van der Waals surface area contributed by atoms with E-state index in [1.807, 2.05) is 36.4 Å². The van der Waals surface area contributed by atoms with Crippen molar-refractivity contribution in [3.05, 3.63) is 88.5 Å². The summed E-state index contributed by atoms with van der Waals surface area (Å²) in [5, 5.41) is 0. The molecule has 0 aromatic heterocycles. The quantitative estimate of drug-likeness (QED) is 0.461. The molecule has 0 saturated heterocycles.